The largest absolute Gasteiger partial charge is 0.394 e. The maximum absolute atomic E-state index is 13.3. The predicted octanol–water partition coefficient (Wildman–Crippen LogP) is 2.83. The molecule has 3 aliphatic carbocycles. The maximum Gasteiger partial charge on any atom is 0.227 e. The molecule has 0 bridgehead atoms. The van der Waals surface area contributed by atoms with Crippen LogP contribution in [0.2, 0.25) is 5.02 Å². The summed E-state index contributed by atoms with van der Waals surface area (Å²) in [6.07, 6.45) is 11.2. The third-order valence-electron chi connectivity index (χ3n) is 8.50. The van der Waals surface area contributed by atoms with E-state index in [1.807, 2.05) is 0 Å². The zero-order valence-electron chi connectivity index (χ0n) is 18.4. The number of aliphatic hydroxyl groups is 1. The van der Waals surface area contributed by atoms with Gasteiger partial charge in [0, 0.05) is 43.2 Å². The van der Waals surface area contributed by atoms with Crippen molar-refractivity contribution in [2.24, 2.45) is 5.41 Å². The minimum atomic E-state index is -1.07. The van der Waals surface area contributed by atoms with Gasteiger partial charge < -0.3 is 15.3 Å². The van der Waals surface area contributed by atoms with Crippen LogP contribution in [0.25, 0.3) is 0 Å². The SMILES string of the molecule is O=[S@@]1c2c(nc(N3CC4(CC(c5ncc(Cl)cn5)C4)C3)nc2NC2(CO)CCC2)CC12CC2. The summed E-state index contributed by atoms with van der Waals surface area (Å²) in [5.41, 5.74) is 0.885. The molecule has 2 aromatic rings. The Morgan fingerprint density at radius 3 is 2.48 bits per heavy atom. The zero-order chi connectivity index (χ0) is 22.4. The summed E-state index contributed by atoms with van der Waals surface area (Å²) < 4.78 is 13.2. The number of aliphatic hydroxyl groups excluding tert-OH is 1. The van der Waals surface area contributed by atoms with Crippen LogP contribution in [0.3, 0.4) is 0 Å². The zero-order valence-corrected chi connectivity index (χ0v) is 20.0. The number of fused-ring (bicyclic) bond motifs is 1. The summed E-state index contributed by atoms with van der Waals surface area (Å²) >= 11 is 5.92. The van der Waals surface area contributed by atoms with Gasteiger partial charge in [-0.05, 0) is 44.9 Å². The number of nitrogens with one attached hydrogen (secondary N) is 1. The first kappa shape index (κ1) is 20.5. The third kappa shape index (κ3) is 3.08. The smallest absolute Gasteiger partial charge is 0.227 e. The average molecular weight is 487 g/mol. The fraction of sp³-hybridized carbons (Fsp3) is 0.652. The lowest BCUT2D eigenvalue weighted by Crippen LogP contribution is -2.62. The second-order valence-corrected chi connectivity index (χ2v) is 13.2. The van der Waals surface area contributed by atoms with Crippen molar-refractivity contribution >= 4 is 34.2 Å². The summed E-state index contributed by atoms with van der Waals surface area (Å²) in [5.74, 6) is 2.70. The van der Waals surface area contributed by atoms with Crippen molar-refractivity contribution in [1.29, 1.82) is 0 Å². The molecule has 0 amide bonds. The van der Waals surface area contributed by atoms with Gasteiger partial charge in [0.25, 0.3) is 0 Å². The molecule has 2 aliphatic heterocycles. The minimum absolute atomic E-state index is 0.0693. The van der Waals surface area contributed by atoms with Crippen molar-refractivity contribution in [3.8, 4) is 0 Å². The Bertz CT molecular complexity index is 1150. The second-order valence-electron chi connectivity index (χ2n) is 10.9. The number of halogens is 1. The van der Waals surface area contributed by atoms with Crippen LogP contribution in [-0.2, 0) is 17.2 Å². The molecule has 4 heterocycles. The highest BCUT2D eigenvalue weighted by Gasteiger charge is 2.57. The van der Waals surface area contributed by atoms with Crippen LogP contribution in [0.4, 0.5) is 11.8 Å². The first-order chi connectivity index (χ1) is 15.9. The lowest BCUT2D eigenvalue weighted by molar-refractivity contribution is 0.0582. The summed E-state index contributed by atoms with van der Waals surface area (Å²) in [4.78, 5) is 21.6. The Morgan fingerprint density at radius 1 is 1.15 bits per heavy atom. The minimum Gasteiger partial charge on any atom is -0.394 e. The van der Waals surface area contributed by atoms with Crippen molar-refractivity contribution in [2.45, 2.75) is 72.5 Å². The van der Waals surface area contributed by atoms with Crippen molar-refractivity contribution in [1.82, 2.24) is 19.9 Å². The molecule has 4 fully saturated rings. The topological polar surface area (TPSA) is 104 Å². The Morgan fingerprint density at radius 2 is 1.88 bits per heavy atom. The lowest BCUT2D eigenvalue weighted by atomic mass is 9.57. The van der Waals surface area contributed by atoms with E-state index in [1.54, 1.807) is 12.4 Å². The monoisotopic (exact) mass is 486 g/mol. The lowest BCUT2D eigenvalue weighted by Gasteiger charge is -2.58. The standard InChI is InChI=1S/C23H27ClN6O2S/c24-15-9-25-18(26-10-15)14-6-21(7-14)11-30(12-21)20-27-16-8-23(4-5-23)33(32)17(16)19(28-20)29-22(13-31)2-1-3-22/h9-10,14,31H,1-8,11-13H2,(H,27,28,29)/t33-/m1/s1. The van der Waals surface area contributed by atoms with E-state index in [4.69, 9.17) is 21.6 Å². The van der Waals surface area contributed by atoms with Crippen molar-refractivity contribution in [2.75, 3.05) is 29.9 Å². The van der Waals surface area contributed by atoms with Gasteiger partial charge in [-0.3, -0.25) is 4.21 Å². The molecule has 33 heavy (non-hydrogen) atoms. The highest BCUT2D eigenvalue weighted by atomic mass is 35.5. The average Bonchev–Trinajstić information content (AvgIpc) is 3.44. The normalized spacial score (nSPS) is 27.6. The van der Waals surface area contributed by atoms with Gasteiger partial charge in [0.05, 0.1) is 38.4 Å². The molecule has 8 nitrogen and oxygen atoms in total. The maximum atomic E-state index is 13.3. The molecule has 10 heteroatoms. The number of aromatic nitrogens is 4. The van der Waals surface area contributed by atoms with Crippen LogP contribution >= 0.6 is 11.6 Å². The van der Waals surface area contributed by atoms with Crippen LogP contribution in [0.5, 0.6) is 0 Å². The molecule has 2 spiro atoms. The number of anilines is 2. The van der Waals surface area contributed by atoms with Gasteiger partial charge in [0.15, 0.2) is 0 Å². The fourth-order valence-corrected chi connectivity index (χ4v) is 8.03. The molecule has 5 aliphatic rings. The number of hydrogen-bond acceptors (Lipinski definition) is 8. The van der Waals surface area contributed by atoms with Gasteiger partial charge in [0.2, 0.25) is 5.95 Å². The Hall–Kier alpha value is -1.84. The Balaban J connectivity index is 1.12. The molecule has 0 unspecified atom stereocenters. The van der Waals surface area contributed by atoms with Gasteiger partial charge >= 0.3 is 0 Å². The highest BCUT2D eigenvalue weighted by molar-refractivity contribution is 7.87. The molecule has 7 rings (SSSR count). The van der Waals surface area contributed by atoms with Crippen molar-refractivity contribution in [3.63, 3.8) is 0 Å². The first-order valence-electron chi connectivity index (χ1n) is 11.9. The molecule has 3 saturated carbocycles. The molecule has 1 atom stereocenters. The van der Waals surface area contributed by atoms with E-state index in [0.29, 0.717) is 16.8 Å². The third-order valence-corrected chi connectivity index (χ3v) is 10.8. The van der Waals surface area contributed by atoms with Gasteiger partial charge in [0.1, 0.15) is 16.5 Å². The highest BCUT2D eigenvalue weighted by Crippen LogP contribution is 2.57. The van der Waals surface area contributed by atoms with E-state index in [2.05, 4.69) is 20.2 Å². The van der Waals surface area contributed by atoms with E-state index in [1.165, 1.54) is 0 Å². The Kier molecular flexibility index (Phi) is 4.26. The summed E-state index contributed by atoms with van der Waals surface area (Å²) in [6, 6.07) is 0. The van der Waals surface area contributed by atoms with Crippen LogP contribution in [0.15, 0.2) is 17.3 Å². The van der Waals surface area contributed by atoms with Crippen LogP contribution in [0, 0.1) is 5.41 Å². The fourth-order valence-electron chi connectivity index (χ4n) is 6.16. The van der Waals surface area contributed by atoms with Gasteiger partial charge in [-0.25, -0.2) is 15.0 Å². The van der Waals surface area contributed by atoms with E-state index >= 15 is 0 Å². The number of nitrogens with zero attached hydrogens (tertiary/aromatic N) is 5. The molecule has 2 aromatic heterocycles. The molecular formula is C23H27ClN6O2S. The summed E-state index contributed by atoms with van der Waals surface area (Å²) in [6.45, 7) is 1.92. The van der Waals surface area contributed by atoms with Crippen LogP contribution in [0.1, 0.15) is 62.4 Å². The van der Waals surface area contributed by atoms with E-state index in [-0.39, 0.29) is 22.3 Å². The predicted molar refractivity (Wildman–Crippen MR) is 125 cm³/mol. The van der Waals surface area contributed by atoms with Crippen LogP contribution in [-0.4, -0.2) is 59.2 Å². The summed E-state index contributed by atoms with van der Waals surface area (Å²) in [5, 5.41) is 14.1. The van der Waals surface area contributed by atoms with Gasteiger partial charge in [-0.2, -0.15) is 4.98 Å². The van der Waals surface area contributed by atoms with E-state index in [0.717, 1.165) is 86.8 Å². The molecule has 0 radical (unpaired) electrons. The molecule has 1 saturated heterocycles. The van der Waals surface area contributed by atoms with Crippen LogP contribution < -0.4 is 10.2 Å². The summed E-state index contributed by atoms with van der Waals surface area (Å²) in [7, 11) is -1.07. The Labute approximate surface area is 200 Å². The van der Waals surface area contributed by atoms with Gasteiger partial charge in [-0.15, -0.1) is 0 Å². The molecular weight excluding hydrogens is 460 g/mol. The van der Waals surface area contributed by atoms with Gasteiger partial charge in [-0.1, -0.05) is 11.6 Å². The molecule has 0 aromatic carbocycles. The molecule has 2 N–H and O–H groups in total. The number of rotatable bonds is 5. The first-order valence-corrected chi connectivity index (χ1v) is 13.4. The van der Waals surface area contributed by atoms with E-state index in [9.17, 15) is 9.32 Å². The molecule has 174 valence electrons. The second kappa shape index (κ2) is 6.86. The van der Waals surface area contributed by atoms with Crippen molar-refractivity contribution in [3.05, 3.63) is 28.9 Å². The van der Waals surface area contributed by atoms with Crippen molar-refractivity contribution < 1.29 is 9.32 Å². The quantitative estimate of drug-likeness (QED) is 0.664. The van der Waals surface area contributed by atoms with E-state index < -0.39 is 10.8 Å². The number of hydrogen-bond donors (Lipinski definition) is 2.